The molecule has 1 spiro atoms. The van der Waals surface area contributed by atoms with E-state index in [0.717, 1.165) is 19.3 Å². The largest absolute Gasteiger partial charge is 0.497 e. The van der Waals surface area contributed by atoms with Crippen LogP contribution in [0.15, 0.2) is 24.3 Å². The van der Waals surface area contributed by atoms with Gasteiger partial charge in [-0.05, 0) is 37.1 Å². The van der Waals surface area contributed by atoms with Crippen LogP contribution in [0.5, 0.6) is 5.75 Å². The fourth-order valence-corrected chi connectivity index (χ4v) is 3.31. The lowest BCUT2D eigenvalue weighted by molar-refractivity contribution is -0.140. The van der Waals surface area contributed by atoms with Crippen LogP contribution in [0, 0.1) is 0 Å². The molecule has 3 rings (SSSR count). The van der Waals surface area contributed by atoms with Gasteiger partial charge in [-0.15, -0.1) is 0 Å². The Bertz CT molecular complexity index is 755. The van der Waals surface area contributed by atoms with Gasteiger partial charge in [0.25, 0.3) is 11.8 Å². The molecular formula is C18H21N3O6. The molecule has 9 nitrogen and oxygen atoms in total. The molecule has 0 atom stereocenters. The molecular weight excluding hydrogens is 354 g/mol. The lowest BCUT2D eigenvalue weighted by Gasteiger charge is -2.30. The van der Waals surface area contributed by atoms with E-state index in [1.807, 2.05) is 0 Å². The number of ether oxygens (including phenoxy) is 2. The van der Waals surface area contributed by atoms with Crippen LogP contribution < -0.4 is 15.5 Å². The van der Waals surface area contributed by atoms with Crippen molar-refractivity contribution in [3.63, 3.8) is 0 Å². The first-order valence-corrected chi connectivity index (χ1v) is 8.72. The Hall–Kier alpha value is -3.10. The van der Waals surface area contributed by atoms with Crippen molar-refractivity contribution in [1.82, 2.24) is 15.8 Å². The first-order chi connectivity index (χ1) is 12.9. The maximum Gasteiger partial charge on any atom is 0.344 e. The highest BCUT2D eigenvalue weighted by molar-refractivity contribution is 6.08. The highest BCUT2D eigenvalue weighted by Crippen LogP contribution is 2.32. The Balaban J connectivity index is 1.53. The number of carbonyl (C=O) groups excluding carboxylic acids is 4. The van der Waals surface area contributed by atoms with Gasteiger partial charge >= 0.3 is 12.0 Å². The Kier molecular flexibility index (Phi) is 5.29. The molecule has 1 aliphatic heterocycles. The van der Waals surface area contributed by atoms with Crippen molar-refractivity contribution in [3.8, 4) is 5.75 Å². The fourth-order valence-electron chi connectivity index (χ4n) is 3.31. The molecule has 9 heteroatoms. The Morgan fingerprint density at radius 2 is 1.81 bits per heavy atom. The molecule has 1 aromatic rings. The number of esters is 1. The van der Waals surface area contributed by atoms with Gasteiger partial charge in [-0.2, -0.15) is 5.01 Å². The maximum atomic E-state index is 12.6. The zero-order chi connectivity index (χ0) is 19.4. The predicted octanol–water partition coefficient (Wildman–Crippen LogP) is 1.14. The van der Waals surface area contributed by atoms with E-state index in [-0.39, 0.29) is 5.56 Å². The highest BCUT2D eigenvalue weighted by atomic mass is 16.5. The van der Waals surface area contributed by atoms with Crippen molar-refractivity contribution < 1.29 is 28.7 Å². The zero-order valence-corrected chi connectivity index (χ0v) is 14.9. The van der Waals surface area contributed by atoms with Gasteiger partial charge in [0, 0.05) is 0 Å². The molecule has 0 bridgehead atoms. The van der Waals surface area contributed by atoms with Crippen LogP contribution in [0.3, 0.4) is 0 Å². The SMILES string of the molecule is COc1ccc(C(=O)OCC(=O)NN2C(=O)NC3(CCCCC3)C2=O)cc1. The molecule has 144 valence electrons. The fraction of sp³-hybridized carbons (Fsp3) is 0.444. The van der Waals surface area contributed by atoms with Gasteiger partial charge in [0.1, 0.15) is 11.3 Å². The van der Waals surface area contributed by atoms with Gasteiger partial charge < -0.3 is 14.8 Å². The summed E-state index contributed by atoms with van der Waals surface area (Å²) in [6, 6.07) is 5.52. The predicted molar refractivity (Wildman–Crippen MR) is 92.6 cm³/mol. The van der Waals surface area contributed by atoms with Crippen molar-refractivity contribution in [2.75, 3.05) is 13.7 Å². The third-order valence-electron chi connectivity index (χ3n) is 4.77. The van der Waals surface area contributed by atoms with E-state index < -0.39 is 36.0 Å². The third kappa shape index (κ3) is 3.86. The Labute approximate surface area is 156 Å². The van der Waals surface area contributed by atoms with E-state index in [9.17, 15) is 19.2 Å². The Morgan fingerprint density at radius 1 is 1.15 bits per heavy atom. The first kappa shape index (κ1) is 18.7. The van der Waals surface area contributed by atoms with Crippen LogP contribution in [0.25, 0.3) is 0 Å². The highest BCUT2D eigenvalue weighted by Gasteiger charge is 2.52. The molecule has 2 fully saturated rings. The number of rotatable bonds is 5. The van der Waals surface area contributed by atoms with Gasteiger partial charge in [-0.3, -0.25) is 15.0 Å². The van der Waals surface area contributed by atoms with Crippen LogP contribution in [-0.4, -0.2) is 48.1 Å². The second kappa shape index (κ2) is 7.65. The summed E-state index contributed by atoms with van der Waals surface area (Å²) < 4.78 is 9.92. The van der Waals surface area contributed by atoms with Gasteiger partial charge in [-0.25, -0.2) is 9.59 Å². The molecule has 0 radical (unpaired) electrons. The van der Waals surface area contributed by atoms with E-state index in [1.165, 1.54) is 19.2 Å². The summed E-state index contributed by atoms with van der Waals surface area (Å²) in [7, 11) is 1.50. The summed E-state index contributed by atoms with van der Waals surface area (Å²) in [6.07, 6.45) is 3.80. The van der Waals surface area contributed by atoms with E-state index in [4.69, 9.17) is 9.47 Å². The van der Waals surface area contributed by atoms with Gasteiger partial charge in [0.15, 0.2) is 6.61 Å². The normalized spacial score (nSPS) is 18.2. The van der Waals surface area contributed by atoms with Gasteiger partial charge in [0.05, 0.1) is 12.7 Å². The number of hydrazine groups is 1. The van der Waals surface area contributed by atoms with E-state index in [2.05, 4.69) is 10.7 Å². The molecule has 0 aromatic heterocycles. The maximum absolute atomic E-state index is 12.6. The van der Waals surface area contributed by atoms with Crippen LogP contribution in [0.1, 0.15) is 42.5 Å². The average Bonchev–Trinajstić information content (AvgIpc) is 2.90. The minimum atomic E-state index is -0.928. The number of benzene rings is 1. The molecule has 2 aliphatic rings. The molecule has 1 aliphatic carbocycles. The number of amides is 4. The number of hydrogen-bond donors (Lipinski definition) is 2. The van der Waals surface area contributed by atoms with Gasteiger partial charge in [-0.1, -0.05) is 19.3 Å². The molecule has 4 amide bonds. The van der Waals surface area contributed by atoms with Crippen molar-refractivity contribution in [2.45, 2.75) is 37.6 Å². The van der Waals surface area contributed by atoms with Crippen LogP contribution in [0.2, 0.25) is 0 Å². The van der Waals surface area contributed by atoms with Crippen molar-refractivity contribution in [3.05, 3.63) is 29.8 Å². The molecule has 1 saturated carbocycles. The summed E-state index contributed by atoms with van der Waals surface area (Å²) in [5.74, 6) is -1.36. The standard InChI is InChI=1S/C18H21N3O6/c1-26-13-7-5-12(6-8-13)15(23)27-11-14(22)20-21-16(24)18(19-17(21)25)9-3-2-4-10-18/h5-8H,2-4,9-11H2,1H3,(H,19,25)(H,20,22). The number of nitrogens with zero attached hydrogens (tertiary/aromatic N) is 1. The van der Waals surface area contributed by atoms with Crippen molar-refractivity contribution in [2.24, 2.45) is 0 Å². The third-order valence-corrected chi connectivity index (χ3v) is 4.77. The summed E-state index contributed by atoms with van der Waals surface area (Å²) in [5.41, 5.74) is 1.53. The molecule has 1 heterocycles. The summed E-state index contributed by atoms with van der Waals surface area (Å²) in [5, 5.41) is 3.35. The first-order valence-electron chi connectivity index (χ1n) is 8.72. The number of urea groups is 1. The number of methoxy groups -OCH3 is 1. The number of imide groups is 1. The van der Waals surface area contributed by atoms with E-state index in [1.54, 1.807) is 12.1 Å². The number of carbonyl (C=O) groups is 4. The molecule has 27 heavy (non-hydrogen) atoms. The quantitative estimate of drug-likeness (QED) is 0.589. The monoisotopic (exact) mass is 375 g/mol. The smallest absolute Gasteiger partial charge is 0.344 e. The Morgan fingerprint density at radius 3 is 2.44 bits per heavy atom. The minimum absolute atomic E-state index is 0.250. The zero-order valence-electron chi connectivity index (χ0n) is 14.9. The van der Waals surface area contributed by atoms with Crippen molar-refractivity contribution >= 4 is 23.8 Å². The molecule has 1 saturated heterocycles. The average molecular weight is 375 g/mol. The summed E-state index contributed by atoms with van der Waals surface area (Å²) >= 11 is 0. The topological polar surface area (TPSA) is 114 Å². The molecule has 0 unspecified atom stereocenters. The van der Waals surface area contributed by atoms with E-state index >= 15 is 0 Å². The van der Waals surface area contributed by atoms with Crippen LogP contribution in [-0.2, 0) is 14.3 Å². The number of nitrogens with one attached hydrogen (secondary N) is 2. The van der Waals surface area contributed by atoms with Crippen LogP contribution in [0.4, 0.5) is 4.79 Å². The minimum Gasteiger partial charge on any atom is -0.497 e. The number of hydrogen-bond acceptors (Lipinski definition) is 6. The lowest BCUT2D eigenvalue weighted by Crippen LogP contribution is -2.51. The van der Waals surface area contributed by atoms with Gasteiger partial charge in [0.2, 0.25) is 0 Å². The molecule has 1 aromatic carbocycles. The van der Waals surface area contributed by atoms with E-state index in [0.29, 0.717) is 23.6 Å². The molecule has 2 N–H and O–H groups in total. The lowest BCUT2D eigenvalue weighted by atomic mass is 9.82. The second-order valence-electron chi connectivity index (χ2n) is 6.55. The summed E-state index contributed by atoms with van der Waals surface area (Å²) in [6.45, 7) is -0.616. The summed E-state index contributed by atoms with van der Waals surface area (Å²) in [4.78, 5) is 48.6. The second-order valence-corrected chi connectivity index (χ2v) is 6.55. The van der Waals surface area contributed by atoms with Crippen molar-refractivity contribution in [1.29, 1.82) is 0 Å². The van der Waals surface area contributed by atoms with Crippen LogP contribution >= 0.6 is 0 Å².